The van der Waals surface area contributed by atoms with Gasteiger partial charge >= 0.3 is 5.97 Å². The molecule has 0 aromatic rings. The summed E-state index contributed by atoms with van der Waals surface area (Å²) in [6.07, 6.45) is -6.01. The third-order valence-electron chi connectivity index (χ3n) is 12.1. The molecular formula is C40H77N3O12. The minimum Gasteiger partial charge on any atom is -0.462 e. The van der Waals surface area contributed by atoms with Gasteiger partial charge in [-0.2, -0.15) is 0 Å². The smallest absolute Gasteiger partial charge is 0.308 e. The molecule has 55 heavy (non-hydrogen) atoms. The van der Waals surface area contributed by atoms with Crippen LogP contribution in [0.2, 0.25) is 0 Å². The molecule has 2 heterocycles. The molecule has 2 aliphatic heterocycles. The Morgan fingerprint density at radius 2 is 1.55 bits per heavy atom. The Labute approximate surface area is 330 Å². The van der Waals surface area contributed by atoms with Crippen molar-refractivity contribution >= 4 is 5.97 Å². The van der Waals surface area contributed by atoms with E-state index in [1.54, 1.807) is 32.8 Å². The first-order valence-corrected chi connectivity index (χ1v) is 20.0. The van der Waals surface area contributed by atoms with Gasteiger partial charge in [0.25, 0.3) is 0 Å². The van der Waals surface area contributed by atoms with E-state index < -0.39 is 97.1 Å². The first kappa shape index (κ1) is 49.8. The minimum atomic E-state index is -1.19. The third-order valence-corrected chi connectivity index (χ3v) is 12.1. The van der Waals surface area contributed by atoms with Gasteiger partial charge in [0.05, 0.1) is 55.7 Å². The van der Waals surface area contributed by atoms with Gasteiger partial charge in [-0.25, -0.2) is 0 Å². The topological polar surface area (TPSA) is 206 Å². The van der Waals surface area contributed by atoms with Gasteiger partial charge in [-0.15, -0.1) is 0 Å². The number of hydrogen-bond donors (Lipinski definition) is 6. The van der Waals surface area contributed by atoms with Crippen molar-refractivity contribution in [2.24, 2.45) is 29.4 Å². The van der Waals surface area contributed by atoms with Gasteiger partial charge in [-0.05, 0) is 99.8 Å². The number of esters is 1. The molecule has 0 amide bonds. The Bertz CT molecular complexity index is 1150. The molecule has 2 rings (SSSR count). The molecule has 15 nitrogen and oxygen atoms in total. The molecule has 15 heteroatoms. The van der Waals surface area contributed by atoms with Crippen molar-refractivity contribution in [3.05, 3.63) is 11.6 Å². The zero-order valence-electron chi connectivity index (χ0n) is 35.8. The lowest BCUT2D eigenvalue weighted by Gasteiger charge is -2.50. The second-order valence-electron chi connectivity index (χ2n) is 16.5. The highest BCUT2D eigenvalue weighted by Crippen LogP contribution is 2.40. The number of ether oxygens (including phenoxy) is 6. The van der Waals surface area contributed by atoms with Crippen LogP contribution in [0.5, 0.6) is 0 Å². The van der Waals surface area contributed by atoms with E-state index in [0.717, 1.165) is 5.57 Å². The Morgan fingerprint density at radius 1 is 0.945 bits per heavy atom. The lowest BCUT2D eigenvalue weighted by molar-refractivity contribution is -0.304. The number of nitrogens with two attached hydrogens (primary N) is 1. The van der Waals surface area contributed by atoms with E-state index in [1.807, 2.05) is 47.9 Å². The predicted molar refractivity (Wildman–Crippen MR) is 209 cm³/mol. The predicted octanol–water partition coefficient (Wildman–Crippen LogP) is 1.15. The number of nitrogens with zero attached hydrogens (tertiary/aromatic N) is 2. The van der Waals surface area contributed by atoms with Crippen LogP contribution in [0, 0.1) is 23.7 Å². The van der Waals surface area contributed by atoms with Gasteiger partial charge in [0.15, 0.2) is 6.29 Å². The van der Waals surface area contributed by atoms with E-state index in [4.69, 9.17) is 34.2 Å². The second kappa shape index (κ2) is 23.3. The van der Waals surface area contributed by atoms with E-state index in [2.05, 4.69) is 11.8 Å². The summed E-state index contributed by atoms with van der Waals surface area (Å²) in [7, 11) is 10.5. The number of methoxy groups -OCH3 is 2. The lowest BCUT2D eigenvalue weighted by atomic mass is 9.69. The molecule has 0 aliphatic carbocycles. The first-order valence-electron chi connectivity index (χ1n) is 20.0. The van der Waals surface area contributed by atoms with Crippen molar-refractivity contribution in [1.82, 2.24) is 9.80 Å². The summed E-state index contributed by atoms with van der Waals surface area (Å²) in [6.45, 7) is 13.0. The van der Waals surface area contributed by atoms with Crippen LogP contribution in [-0.4, -0.2) is 182 Å². The highest BCUT2D eigenvalue weighted by molar-refractivity contribution is 5.70. The largest absolute Gasteiger partial charge is 0.462 e. The van der Waals surface area contributed by atoms with E-state index >= 15 is 0 Å². The summed E-state index contributed by atoms with van der Waals surface area (Å²) in [5.41, 5.74) is 7.08. The molecule has 0 spiro atoms. The summed E-state index contributed by atoms with van der Waals surface area (Å²) < 4.78 is 35.8. The van der Waals surface area contributed by atoms with E-state index in [-0.39, 0.29) is 37.6 Å². The molecule has 324 valence electrons. The lowest BCUT2D eigenvalue weighted by Crippen LogP contribution is -2.64. The number of hydrogen-bond acceptors (Lipinski definition) is 15. The molecule has 2 saturated heterocycles. The summed E-state index contributed by atoms with van der Waals surface area (Å²) in [4.78, 5) is 17.6. The molecular weight excluding hydrogens is 714 g/mol. The maximum atomic E-state index is 13.8. The fourth-order valence-electron chi connectivity index (χ4n) is 8.19. The monoisotopic (exact) mass is 792 g/mol. The second-order valence-corrected chi connectivity index (χ2v) is 16.5. The van der Waals surface area contributed by atoms with Gasteiger partial charge in [0.1, 0.15) is 24.4 Å². The SMILES string of the molecule is CCC(OC(=O)CC(O)C(C)C(C(CCO)CC(C)N(C)C)C1OC(C)C(O)C(N(C)C)C1O)C(/C=C(\C)C(C)N)COC1OC(C)C(O)C(OC)C1OC. The molecule has 18 atom stereocenters. The van der Waals surface area contributed by atoms with Crippen molar-refractivity contribution in [3.63, 3.8) is 0 Å². The fraction of sp³-hybridized carbons (Fsp3) is 0.925. The number of carbonyl (C=O) groups is 1. The zero-order chi connectivity index (χ0) is 41.9. The van der Waals surface area contributed by atoms with Gasteiger partial charge in [-0.3, -0.25) is 4.79 Å². The highest BCUT2D eigenvalue weighted by Gasteiger charge is 2.51. The molecule has 0 aromatic carbocycles. The first-order chi connectivity index (χ1) is 25.7. The number of carbonyl (C=O) groups excluding carboxylic acids is 1. The van der Waals surface area contributed by atoms with Crippen LogP contribution in [-0.2, 0) is 33.2 Å². The highest BCUT2D eigenvalue weighted by atomic mass is 16.7. The third kappa shape index (κ3) is 13.4. The Kier molecular flexibility index (Phi) is 21.1. The quantitative estimate of drug-likeness (QED) is 0.0672. The van der Waals surface area contributed by atoms with Crippen LogP contribution in [0.15, 0.2) is 11.6 Å². The fourth-order valence-corrected chi connectivity index (χ4v) is 8.19. The average molecular weight is 792 g/mol. The number of rotatable bonds is 22. The number of aliphatic hydroxyl groups is 5. The zero-order valence-corrected chi connectivity index (χ0v) is 35.8. The Morgan fingerprint density at radius 3 is 2.05 bits per heavy atom. The molecule has 2 aliphatic rings. The molecule has 0 saturated carbocycles. The summed E-state index contributed by atoms with van der Waals surface area (Å²) in [5, 5.41) is 55.4. The van der Waals surface area contributed by atoms with Crippen molar-refractivity contribution < 1.29 is 58.7 Å². The van der Waals surface area contributed by atoms with Crippen LogP contribution in [0.3, 0.4) is 0 Å². The van der Waals surface area contributed by atoms with Gasteiger partial charge in [0, 0.05) is 38.8 Å². The molecule has 0 aromatic heterocycles. The maximum absolute atomic E-state index is 13.8. The normalized spacial score (nSPS) is 33.8. The van der Waals surface area contributed by atoms with E-state index in [0.29, 0.717) is 19.3 Å². The molecule has 0 bridgehead atoms. The van der Waals surface area contributed by atoms with E-state index in [9.17, 15) is 30.3 Å². The van der Waals surface area contributed by atoms with Crippen LogP contribution >= 0.6 is 0 Å². The van der Waals surface area contributed by atoms with Crippen molar-refractivity contribution in [1.29, 1.82) is 0 Å². The van der Waals surface area contributed by atoms with Crippen LogP contribution < -0.4 is 5.73 Å². The van der Waals surface area contributed by atoms with Gasteiger partial charge in [0.2, 0.25) is 0 Å². The molecule has 0 radical (unpaired) electrons. The Balaban J connectivity index is 2.39. The molecule has 7 N–H and O–H groups in total. The average Bonchev–Trinajstić information content (AvgIpc) is 3.11. The summed E-state index contributed by atoms with van der Waals surface area (Å²) >= 11 is 0. The van der Waals surface area contributed by atoms with E-state index in [1.165, 1.54) is 14.2 Å². The molecule has 18 unspecified atom stereocenters. The van der Waals surface area contributed by atoms with Gasteiger partial charge < -0.3 is 69.5 Å². The number of aliphatic hydroxyl groups excluding tert-OH is 5. The van der Waals surface area contributed by atoms with Crippen LogP contribution in [0.1, 0.15) is 74.1 Å². The van der Waals surface area contributed by atoms with Gasteiger partial charge in [-0.1, -0.05) is 25.5 Å². The van der Waals surface area contributed by atoms with Crippen molar-refractivity contribution in [3.8, 4) is 0 Å². The van der Waals surface area contributed by atoms with Crippen molar-refractivity contribution in [2.75, 3.05) is 55.6 Å². The van der Waals surface area contributed by atoms with Crippen molar-refractivity contribution in [2.45, 2.75) is 160 Å². The summed E-state index contributed by atoms with van der Waals surface area (Å²) in [6, 6.07) is -0.794. The van der Waals surface area contributed by atoms with Crippen LogP contribution in [0.4, 0.5) is 0 Å². The standard InChI is InChI=1S/C40H77N3O12/c1-14-30(28(17-21(2)24(5)41)20-52-40-39(51-13)38(50-12)35(48)26(7)54-40)55-31(46)19-29(45)23(4)32(27(15-16-44)18-22(3)42(8)9)37-36(49)33(43(10)11)34(47)25(6)53-37/h17,22-30,32-40,44-45,47-49H,14-16,18-20,41H2,1-13H3/b21-17+. The minimum absolute atomic E-state index is 0.0710. The molecule has 2 fully saturated rings. The Hall–Kier alpha value is -1.31. The maximum Gasteiger partial charge on any atom is 0.308 e. The number of likely N-dealkylation sites (N-methyl/N-ethyl adjacent to an activating group) is 1. The van der Waals surface area contributed by atoms with Crippen LogP contribution in [0.25, 0.3) is 0 Å². The summed E-state index contributed by atoms with van der Waals surface area (Å²) in [5.74, 6) is -2.34.